The number of rotatable bonds is 6. The second-order valence-corrected chi connectivity index (χ2v) is 5.16. The highest BCUT2D eigenvalue weighted by atomic mass is 16.5. The zero-order valence-electron chi connectivity index (χ0n) is 11.6. The fourth-order valence-corrected chi connectivity index (χ4v) is 2.48. The summed E-state index contributed by atoms with van der Waals surface area (Å²) in [6, 6.07) is 6.46. The summed E-state index contributed by atoms with van der Waals surface area (Å²) in [7, 11) is 0. The van der Waals surface area contributed by atoms with Crippen LogP contribution in [0.2, 0.25) is 0 Å². The number of ether oxygens (including phenoxy) is 1. The van der Waals surface area contributed by atoms with E-state index in [1.807, 2.05) is 10.9 Å². The summed E-state index contributed by atoms with van der Waals surface area (Å²) in [4.78, 5) is 0. The first-order valence-corrected chi connectivity index (χ1v) is 7.19. The first kappa shape index (κ1) is 13.1. The highest BCUT2D eigenvalue weighted by Crippen LogP contribution is 2.26. The van der Waals surface area contributed by atoms with E-state index in [0.29, 0.717) is 6.54 Å². The van der Waals surface area contributed by atoms with Gasteiger partial charge in [0, 0.05) is 19.2 Å². The third-order valence-corrected chi connectivity index (χ3v) is 3.61. The Balaban J connectivity index is 1.57. The number of benzene rings is 1. The number of fused-ring (bicyclic) bond motifs is 1. The minimum absolute atomic E-state index is 0.698. The van der Waals surface area contributed by atoms with Gasteiger partial charge in [-0.1, -0.05) is 17.3 Å². The normalized spacial score (nSPS) is 13.2. The van der Waals surface area contributed by atoms with Gasteiger partial charge in [0.25, 0.3) is 0 Å². The van der Waals surface area contributed by atoms with Crippen molar-refractivity contribution in [3.63, 3.8) is 0 Å². The van der Waals surface area contributed by atoms with Crippen LogP contribution >= 0.6 is 0 Å². The molecule has 0 spiro atoms. The Morgan fingerprint density at radius 1 is 1.30 bits per heavy atom. The van der Waals surface area contributed by atoms with E-state index in [2.05, 4.69) is 28.5 Å². The van der Waals surface area contributed by atoms with Crippen LogP contribution in [0.25, 0.3) is 0 Å². The molecule has 0 saturated heterocycles. The van der Waals surface area contributed by atoms with Gasteiger partial charge in [-0.3, -0.25) is 4.68 Å². The quantitative estimate of drug-likeness (QED) is 0.862. The lowest BCUT2D eigenvalue weighted by atomic mass is 10.1. The molecule has 1 aromatic carbocycles. The van der Waals surface area contributed by atoms with Gasteiger partial charge < -0.3 is 10.5 Å². The summed E-state index contributed by atoms with van der Waals surface area (Å²) in [6.07, 6.45) is 5.88. The molecule has 0 unspecified atom stereocenters. The van der Waals surface area contributed by atoms with Crippen molar-refractivity contribution in [1.82, 2.24) is 15.0 Å². The molecule has 1 aliphatic rings. The van der Waals surface area contributed by atoms with Crippen molar-refractivity contribution in [2.24, 2.45) is 5.73 Å². The maximum Gasteiger partial charge on any atom is 0.122 e. The molecule has 0 amide bonds. The predicted molar refractivity (Wildman–Crippen MR) is 76.7 cm³/mol. The van der Waals surface area contributed by atoms with Crippen LogP contribution in [0.15, 0.2) is 24.4 Å². The van der Waals surface area contributed by atoms with E-state index in [9.17, 15) is 0 Å². The molecular weight excluding hydrogens is 252 g/mol. The van der Waals surface area contributed by atoms with E-state index >= 15 is 0 Å². The molecule has 20 heavy (non-hydrogen) atoms. The van der Waals surface area contributed by atoms with Crippen molar-refractivity contribution in [3.8, 4) is 5.75 Å². The Morgan fingerprint density at radius 2 is 2.25 bits per heavy atom. The largest absolute Gasteiger partial charge is 0.493 e. The summed E-state index contributed by atoms with van der Waals surface area (Å²) >= 11 is 0. The van der Waals surface area contributed by atoms with Crippen molar-refractivity contribution in [1.29, 1.82) is 0 Å². The van der Waals surface area contributed by atoms with Crippen LogP contribution in [0.5, 0.6) is 5.75 Å². The second-order valence-electron chi connectivity index (χ2n) is 5.16. The summed E-state index contributed by atoms with van der Waals surface area (Å²) < 4.78 is 7.43. The molecule has 106 valence electrons. The first-order chi connectivity index (χ1) is 9.85. The summed E-state index contributed by atoms with van der Waals surface area (Å²) in [5.74, 6) is 1.04. The van der Waals surface area contributed by atoms with Gasteiger partial charge in [0.2, 0.25) is 0 Å². The van der Waals surface area contributed by atoms with Crippen LogP contribution in [0, 0.1) is 0 Å². The molecule has 3 rings (SSSR count). The van der Waals surface area contributed by atoms with Gasteiger partial charge >= 0.3 is 0 Å². The summed E-state index contributed by atoms with van der Waals surface area (Å²) in [5, 5.41) is 8.32. The number of nitrogens with two attached hydrogens (primary N) is 1. The van der Waals surface area contributed by atoms with Gasteiger partial charge in [-0.25, -0.2) is 0 Å². The number of aromatic nitrogens is 3. The number of hydrogen-bond donors (Lipinski definition) is 1. The molecule has 1 aliphatic heterocycles. The maximum atomic E-state index is 5.52. The van der Waals surface area contributed by atoms with Gasteiger partial charge in [0.05, 0.1) is 12.3 Å². The average molecular weight is 272 g/mol. The fourth-order valence-electron chi connectivity index (χ4n) is 2.48. The van der Waals surface area contributed by atoms with Crippen molar-refractivity contribution >= 4 is 0 Å². The fraction of sp³-hybridized carbons (Fsp3) is 0.467. The van der Waals surface area contributed by atoms with E-state index in [1.54, 1.807) is 0 Å². The number of hydrogen-bond acceptors (Lipinski definition) is 4. The molecule has 2 aromatic rings. The minimum Gasteiger partial charge on any atom is -0.493 e. The van der Waals surface area contributed by atoms with E-state index in [-0.39, 0.29) is 0 Å². The molecule has 0 fully saturated rings. The third-order valence-electron chi connectivity index (χ3n) is 3.61. The Bertz CT molecular complexity index is 579. The molecule has 0 bridgehead atoms. The van der Waals surface area contributed by atoms with Gasteiger partial charge in [0.15, 0.2) is 0 Å². The Kier molecular flexibility index (Phi) is 3.97. The van der Waals surface area contributed by atoms with Crippen LogP contribution < -0.4 is 10.5 Å². The number of aryl methyl sites for hydroxylation is 3. The SMILES string of the molecule is NCCCc1cn(CCc2ccc3c(c2)CCO3)nn1. The van der Waals surface area contributed by atoms with Crippen LogP contribution in [0.4, 0.5) is 0 Å². The van der Waals surface area contributed by atoms with E-state index in [1.165, 1.54) is 11.1 Å². The molecule has 2 heterocycles. The number of nitrogens with zero attached hydrogens (tertiary/aromatic N) is 3. The first-order valence-electron chi connectivity index (χ1n) is 7.19. The average Bonchev–Trinajstić information content (AvgIpc) is 3.11. The Morgan fingerprint density at radius 3 is 3.15 bits per heavy atom. The molecule has 5 nitrogen and oxygen atoms in total. The van der Waals surface area contributed by atoms with Crippen molar-refractivity contribution in [3.05, 3.63) is 41.2 Å². The standard InChI is InChI=1S/C15H20N4O/c16-7-1-2-14-11-19(18-17-14)8-5-12-3-4-15-13(10-12)6-9-20-15/h3-4,10-11H,1-2,5-9,16H2. The smallest absolute Gasteiger partial charge is 0.122 e. The monoisotopic (exact) mass is 272 g/mol. The van der Waals surface area contributed by atoms with Gasteiger partial charge in [-0.2, -0.15) is 0 Å². The summed E-state index contributed by atoms with van der Waals surface area (Å²) in [6.45, 7) is 2.37. The lowest BCUT2D eigenvalue weighted by Gasteiger charge is -2.04. The highest BCUT2D eigenvalue weighted by Gasteiger charge is 2.11. The zero-order valence-corrected chi connectivity index (χ0v) is 11.6. The van der Waals surface area contributed by atoms with Gasteiger partial charge in [0.1, 0.15) is 5.75 Å². The molecule has 0 atom stereocenters. The van der Waals surface area contributed by atoms with E-state index in [0.717, 1.165) is 50.3 Å². The lowest BCUT2D eigenvalue weighted by molar-refractivity contribution is 0.357. The Labute approximate surface area is 118 Å². The van der Waals surface area contributed by atoms with Crippen LogP contribution in [-0.4, -0.2) is 28.1 Å². The topological polar surface area (TPSA) is 66.0 Å². The third kappa shape index (κ3) is 2.99. The van der Waals surface area contributed by atoms with Crippen molar-refractivity contribution in [2.75, 3.05) is 13.2 Å². The van der Waals surface area contributed by atoms with E-state index in [4.69, 9.17) is 10.5 Å². The van der Waals surface area contributed by atoms with Gasteiger partial charge in [-0.15, -0.1) is 5.10 Å². The molecule has 1 aromatic heterocycles. The highest BCUT2D eigenvalue weighted by molar-refractivity contribution is 5.39. The van der Waals surface area contributed by atoms with Crippen molar-refractivity contribution < 1.29 is 4.74 Å². The van der Waals surface area contributed by atoms with E-state index < -0.39 is 0 Å². The molecule has 0 aliphatic carbocycles. The molecule has 2 N–H and O–H groups in total. The van der Waals surface area contributed by atoms with Crippen LogP contribution in [0.3, 0.4) is 0 Å². The molecule has 0 saturated carbocycles. The van der Waals surface area contributed by atoms with Gasteiger partial charge in [-0.05, 0) is 43.0 Å². The van der Waals surface area contributed by atoms with Crippen LogP contribution in [-0.2, 0) is 25.8 Å². The maximum absolute atomic E-state index is 5.52. The molecular formula is C15H20N4O. The minimum atomic E-state index is 0.698. The van der Waals surface area contributed by atoms with Crippen LogP contribution in [0.1, 0.15) is 23.2 Å². The summed E-state index contributed by atoms with van der Waals surface area (Å²) in [5.41, 5.74) is 9.17. The Hall–Kier alpha value is -1.88. The lowest BCUT2D eigenvalue weighted by Crippen LogP contribution is -2.02. The predicted octanol–water partition coefficient (Wildman–Crippen LogP) is 1.35. The van der Waals surface area contributed by atoms with Crippen molar-refractivity contribution in [2.45, 2.75) is 32.2 Å². The molecule has 0 radical (unpaired) electrons. The molecule has 5 heteroatoms. The zero-order chi connectivity index (χ0) is 13.8. The second kappa shape index (κ2) is 6.05.